The van der Waals surface area contributed by atoms with Gasteiger partial charge in [-0.25, -0.2) is 26.3 Å². The number of halogens is 6. The van der Waals surface area contributed by atoms with Gasteiger partial charge in [-0.3, -0.25) is 0 Å². The molecule has 0 radical (unpaired) electrons. The van der Waals surface area contributed by atoms with E-state index in [0.717, 1.165) is 37.8 Å². The van der Waals surface area contributed by atoms with Crippen molar-refractivity contribution in [3.05, 3.63) is 70.8 Å². The Morgan fingerprint density at radius 2 is 1.36 bits per heavy atom. The fourth-order valence-corrected chi connectivity index (χ4v) is 5.10. The van der Waals surface area contributed by atoms with Crippen LogP contribution >= 0.6 is 0 Å². The fourth-order valence-electron chi connectivity index (χ4n) is 5.10. The summed E-state index contributed by atoms with van der Waals surface area (Å²) in [6.07, 6.45) is 8.61. The molecule has 6 heteroatoms. The van der Waals surface area contributed by atoms with Crippen molar-refractivity contribution < 1.29 is 26.3 Å². The average Bonchev–Trinajstić information content (AvgIpc) is 2.77. The van der Waals surface area contributed by atoms with Crippen LogP contribution in [0.1, 0.15) is 69.8 Å². The number of hydrogen-bond donors (Lipinski definition) is 0. The van der Waals surface area contributed by atoms with Crippen molar-refractivity contribution >= 4 is 10.8 Å². The van der Waals surface area contributed by atoms with E-state index in [9.17, 15) is 17.6 Å². The van der Waals surface area contributed by atoms with Crippen LogP contribution in [0, 0.1) is 40.8 Å². The third kappa shape index (κ3) is 4.75. The van der Waals surface area contributed by atoms with Crippen LogP contribution in [-0.4, -0.2) is 0 Å². The minimum Gasteiger partial charge on any atom is -0.206 e. The minimum absolute atomic E-state index is 0.0602. The largest absolute Gasteiger partial charge is 0.206 e. The predicted molar refractivity (Wildman–Crippen MR) is 118 cm³/mol. The Labute approximate surface area is 189 Å². The number of fused-ring (bicyclic) bond motifs is 1. The smallest absolute Gasteiger partial charge is 0.195 e. The van der Waals surface area contributed by atoms with Crippen molar-refractivity contribution in [3.63, 3.8) is 0 Å². The molecule has 176 valence electrons. The minimum atomic E-state index is -1.80. The Morgan fingerprint density at radius 3 is 2.00 bits per heavy atom. The van der Waals surface area contributed by atoms with Crippen molar-refractivity contribution in [3.8, 4) is 11.1 Å². The molecule has 0 aromatic heterocycles. The summed E-state index contributed by atoms with van der Waals surface area (Å²) in [6.45, 7) is 2.17. The van der Waals surface area contributed by atoms with Crippen molar-refractivity contribution in [1.82, 2.24) is 0 Å². The summed E-state index contributed by atoms with van der Waals surface area (Å²) in [4.78, 5) is 0. The molecule has 1 aliphatic carbocycles. The molecule has 0 atom stereocenters. The van der Waals surface area contributed by atoms with Crippen LogP contribution < -0.4 is 0 Å². The van der Waals surface area contributed by atoms with Crippen LogP contribution in [-0.2, 0) is 0 Å². The first kappa shape index (κ1) is 23.7. The molecule has 0 spiro atoms. The first-order valence-electron chi connectivity index (χ1n) is 11.6. The molecule has 0 heterocycles. The summed E-state index contributed by atoms with van der Waals surface area (Å²) in [5.74, 6) is -7.19. The quantitative estimate of drug-likeness (QED) is 0.194. The van der Waals surface area contributed by atoms with E-state index in [-0.39, 0.29) is 16.9 Å². The number of hydrogen-bond acceptors (Lipinski definition) is 0. The zero-order valence-electron chi connectivity index (χ0n) is 18.5. The fraction of sp³-hybridized carbons (Fsp3) is 0.407. The van der Waals surface area contributed by atoms with Crippen LogP contribution in [0.5, 0.6) is 0 Å². The SMILES string of the molecule is CCCCC[C@H]1CC[C@H](c2cc(F)c(-c3cc(F)c4c(F)c(F)c(F)cc4c3)c(F)c2)CC1. The summed E-state index contributed by atoms with van der Waals surface area (Å²) in [5.41, 5.74) is -0.106. The van der Waals surface area contributed by atoms with Crippen molar-refractivity contribution in [2.24, 2.45) is 5.92 Å². The first-order chi connectivity index (χ1) is 15.8. The molecule has 0 N–H and O–H groups in total. The van der Waals surface area contributed by atoms with Gasteiger partial charge in [-0.1, -0.05) is 32.6 Å². The van der Waals surface area contributed by atoms with Gasteiger partial charge in [0.25, 0.3) is 0 Å². The van der Waals surface area contributed by atoms with E-state index in [1.165, 1.54) is 37.8 Å². The second-order valence-electron chi connectivity index (χ2n) is 9.12. The molecular weight excluding hydrogens is 438 g/mol. The second kappa shape index (κ2) is 9.78. The van der Waals surface area contributed by atoms with E-state index >= 15 is 8.78 Å². The van der Waals surface area contributed by atoms with Gasteiger partial charge in [0.2, 0.25) is 0 Å². The van der Waals surface area contributed by atoms with Gasteiger partial charge >= 0.3 is 0 Å². The molecule has 0 unspecified atom stereocenters. The molecule has 3 aromatic carbocycles. The Hall–Kier alpha value is -2.50. The standard InChI is InChI=1S/C27H26F6/c1-2-3-4-5-15-6-8-16(9-7-15)17-11-20(28)24(21(29)12-17)18-10-19-14-23(31)26(32)27(33)25(19)22(30)13-18/h10-16H,2-9H2,1H3/t15-,16-. The van der Waals surface area contributed by atoms with Gasteiger partial charge in [0.15, 0.2) is 17.5 Å². The van der Waals surface area contributed by atoms with E-state index in [0.29, 0.717) is 17.5 Å². The maximum absolute atomic E-state index is 15.0. The van der Waals surface area contributed by atoms with Gasteiger partial charge in [0, 0.05) is 0 Å². The summed E-state index contributed by atoms with van der Waals surface area (Å²) in [6, 6.07) is 4.96. The van der Waals surface area contributed by atoms with Crippen molar-refractivity contribution in [2.75, 3.05) is 0 Å². The molecule has 0 nitrogen and oxygen atoms in total. The molecule has 0 bridgehead atoms. The zero-order chi connectivity index (χ0) is 23.7. The molecule has 0 aliphatic heterocycles. The van der Waals surface area contributed by atoms with E-state index in [1.807, 2.05) is 0 Å². The Morgan fingerprint density at radius 1 is 0.697 bits per heavy atom. The lowest BCUT2D eigenvalue weighted by Crippen LogP contribution is -2.14. The molecule has 1 fully saturated rings. The monoisotopic (exact) mass is 464 g/mol. The molecule has 0 saturated heterocycles. The summed E-state index contributed by atoms with van der Waals surface area (Å²) in [5, 5.41) is -1.07. The highest BCUT2D eigenvalue weighted by Gasteiger charge is 2.25. The highest BCUT2D eigenvalue weighted by Crippen LogP contribution is 2.40. The zero-order valence-corrected chi connectivity index (χ0v) is 18.5. The lowest BCUT2D eigenvalue weighted by Gasteiger charge is -2.29. The maximum atomic E-state index is 15.0. The Balaban J connectivity index is 1.61. The molecular formula is C27H26F6. The first-order valence-corrected chi connectivity index (χ1v) is 11.6. The van der Waals surface area contributed by atoms with Gasteiger partial charge in [-0.2, -0.15) is 0 Å². The van der Waals surface area contributed by atoms with Crippen LogP contribution in [0.2, 0.25) is 0 Å². The van der Waals surface area contributed by atoms with E-state index in [4.69, 9.17) is 0 Å². The molecule has 1 saturated carbocycles. The highest BCUT2D eigenvalue weighted by molar-refractivity contribution is 5.88. The number of rotatable bonds is 6. The second-order valence-corrected chi connectivity index (χ2v) is 9.12. The lowest BCUT2D eigenvalue weighted by molar-refractivity contribution is 0.302. The third-order valence-electron chi connectivity index (χ3n) is 6.91. The maximum Gasteiger partial charge on any atom is 0.195 e. The van der Waals surface area contributed by atoms with Gasteiger partial charge in [-0.05, 0) is 84.4 Å². The topological polar surface area (TPSA) is 0 Å². The van der Waals surface area contributed by atoms with Gasteiger partial charge in [0.05, 0.1) is 10.9 Å². The van der Waals surface area contributed by atoms with Crippen LogP contribution in [0.4, 0.5) is 26.3 Å². The third-order valence-corrected chi connectivity index (χ3v) is 6.91. The van der Waals surface area contributed by atoms with Crippen molar-refractivity contribution in [2.45, 2.75) is 64.2 Å². The normalized spacial score (nSPS) is 18.8. The Bertz CT molecular complexity index is 1140. The lowest BCUT2D eigenvalue weighted by atomic mass is 9.76. The van der Waals surface area contributed by atoms with Crippen LogP contribution in [0.15, 0.2) is 30.3 Å². The molecule has 3 aromatic rings. The highest BCUT2D eigenvalue weighted by atomic mass is 19.2. The molecule has 4 rings (SSSR count). The number of unbranched alkanes of at least 4 members (excludes halogenated alkanes) is 2. The molecule has 0 amide bonds. The average molecular weight is 464 g/mol. The van der Waals surface area contributed by atoms with Crippen LogP contribution in [0.25, 0.3) is 21.9 Å². The van der Waals surface area contributed by atoms with Gasteiger partial charge in [0.1, 0.15) is 17.5 Å². The van der Waals surface area contributed by atoms with E-state index < -0.39 is 45.9 Å². The van der Waals surface area contributed by atoms with E-state index in [2.05, 4.69) is 6.92 Å². The van der Waals surface area contributed by atoms with Gasteiger partial charge < -0.3 is 0 Å². The summed E-state index contributed by atoms with van der Waals surface area (Å²) >= 11 is 0. The van der Waals surface area contributed by atoms with E-state index in [1.54, 1.807) is 0 Å². The van der Waals surface area contributed by atoms with Gasteiger partial charge in [-0.15, -0.1) is 0 Å². The number of benzene rings is 3. The summed E-state index contributed by atoms with van der Waals surface area (Å²) in [7, 11) is 0. The molecule has 33 heavy (non-hydrogen) atoms. The molecule has 1 aliphatic rings. The predicted octanol–water partition coefficient (Wildman–Crippen LogP) is 9.20. The van der Waals surface area contributed by atoms with Crippen molar-refractivity contribution in [1.29, 1.82) is 0 Å². The summed E-state index contributed by atoms with van der Waals surface area (Å²) < 4.78 is 85.6. The van der Waals surface area contributed by atoms with Crippen LogP contribution in [0.3, 0.4) is 0 Å². The Kier molecular flexibility index (Phi) is 7.01.